The summed E-state index contributed by atoms with van der Waals surface area (Å²) in [4.78, 5) is 12.0. The van der Waals surface area contributed by atoms with Crippen molar-refractivity contribution in [2.75, 3.05) is 0 Å². The van der Waals surface area contributed by atoms with Crippen LogP contribution in [-0.4, -0.2) is 5.91 Å². The molecule has 1 N–H and O–H groups in total. The first-order chi connectivity index (χ1) is 9.10. The number of rotatable bonds is 4. The zero-order valence-corrected chi connectivity index (χ0v) is 13.5. The summed E-state index contributed by atoms with van der Waals surface area (Å²) in [5.74, 6) is 0.0999. The van der Waals surface area contributed by atoms with E-state index in [2.05, 4.69) is 37.2 Å². The smallest absolute Gasteiger partial charge is 0.287 e. The number of nitrogens with one attached hydrogen (secondary N) is 1. The van der Waals surface area contributed by atoms with Gasteiger partial charge in [-0.05, 0) is 52.2 Å². The van der Waals surface area contributed by atoms with Crippen LogP contribution in [0.15, 0.2) is 50.0 Å². The molecule has 19 heavy (non-hydrogen) atoms. The second kappa shape index (κ2) is 6.39. The zero-order valence-electron chi connectivity index (χ0n) is 10.3. The van der Waals surface area contributed by atoms with Gasteiger partial charge in [-0.15, -0.1) is 0 Å². The molecule has 1 aromatic heterocycles. The van der Waals surface area contributed by atoms with Crippen LogP contribution in [0.3, 0.4) is 0 Å². The van der Waals surface area contributed by atoms with Gasteiger partial charge >= 0.3 is 0 Å². The van der Waals surface area contributed by atoms with Crippen molar-refractivity contribution in [3.05, 3.63) is 56.9 Å². The maximum Gasteiger partial charge on any atom is 0.287 e. The van der Waals surface area contributed by atoms with Crippen molar-refractivity contribution in [1.29, 1.82) is 0 Å². The van der Waals surface area contributed by atoms with E-state index >= 15 is 0 Å². The predicted molar refractivity (Wildman–Crippen MR) is 81.0 cm³/mol. The third-order valence-electron chi connectivity index (χ3n) is 2.78. The van der Waals surface area contributed by atoms with E-state index in [0.717, 1.165) is 16.5 Å². The van der Waals surface area contributed by atoms with Crippen LogP contribution < -0.4 is 5.32 Å². The molecule has 1 heterocycles. The summed E-state index contributed by atoms with van der Waals surface area (Å²) in [6.07, 6.45) is 0.815. The van der Waals surface area contributed by atoms with Gasteiger partial charge in [-0.25, -0.2) is 0 Å². The fraction of sp³-hybridized carbons (Fsp3) is 0.214. The van der Waals surface area contributed by atoms with Crippen LogP contribution in [0, 0.1) is 0 Å². The van der Waals surface area contributed by atoms with E-state index in [4.69, 9.17) is 4.42 Å². The number of furan rings is 1. The van der Waals surface area contributed by atoms with Crippen molar-refractivity contribution in [2.45, 2.75) is 19.4 Å². The molecular formula is C14H13Br2NO2. The third-order valence-corrected chi connectivity index (χ3v) is 3.74. The van der Waals surface area contributed by atoms with E-state index in [1.807, 2.05) is 31.2 Å². The summed E-state index contributed by atoms with van der Waals surface area (Å²) in [5, 5.41) is 2.96. The van der Waals surface area contributed by atoms with Crippen molar-refractivity contribution >= 4 is 37.8 Å². The van der Waals surface area contributed by atoms with E-state index in [9.17, 15) is 4.79 Å². The van der Waals surface area contributed by atoms with Gasteiger partial charge in [0.15, 0.2) is 10.4 Å². The number of amides is 1. The largest absolute Gasteiger partial charge is 0.444 e. The molecule has 0 fully saturated rings. The van der Waals surface area contributed by atoms with Crippen LogP contribution >= 0.6 is 31.9 Å². The van der Waals surface area contributed by atoms with Crippen LogP contribution in [0.4, 0.5) is 0 Å². The van der Waals surface area contributed by atoms with Gasteiger partial charge in [0.25, 0.3) is 5.91 Å². The average molecular weight is 387 g/mol. The minimum atomic E-state index is -0.208. The Morgan fingerprint density at radius 1 is 1.21 bits per heavy atom. The highest BCUT2D eigenvalue weighted by Gasteiger charge is 2.16. The minimum Gasteiger partial charge on any atom is -0.444 e. The average Bonchev–Trinajstić information content (AvgIpc) is 2.84. The van der Waals surface area contributed by atoms with Crippen molar-refractivity contribution in [3.8, 4) is 0 Å². The molecule has 5 heteroatoms. The highest BCUT2D eigenvalue weighted by molar-refractivity contribution is 9.10. The summed E-state index contributed by atoms with van der Waals surface area (Å²) in [5.41, 5.74) is 1.07. The molecule has 0 saturated carbocycles. The number of carbonyl (C=O) groups excluding carboxylic acids is 1. The molecule has 100 valence electrons. The predicted octanol–water partition coefficient (Wildman–Crippen LogP) is 4.69. The Kier molecular flexibility index (Phi) is 4.82. The molecule has 2 aromatic rings. The lowest BCUT2D eigenvalue weighted by Gasteiger charge is -2.16. The van der Waals surface area contributed by atoms with E-state index in [-0.39, 0.29) is 11.9 Å². The summed E-state index contributed by atoms with van der Waals surface area (Å²) in [6.45, 7) is 2.03. The summed E-state index contributed by atoms with van der Waals surface area (Å²) in [6, 6.07) is 11.3. The number of hydrogen-bond acceptors (Lipinski definition) is 2. The molecule has 1 aromatic carbocycles. The van der Waals surface area contributed by atoms with Crippen molar-refractivity contribution in [2.24, 2.45) is 0 Å². The maximum absolute atomic E-state index is 12.0. The quantitative estimate of drug-likeness (QED) is 0.828. The normalized spacial score (nSPS) is 12.2. The molecular weight excluding hydrogens is 374 g/mol. The third kappa shape index (κ3) is 3.70. The molecule has 0 aliphatic heterocycles. The zero-order chi connectivity index (χ0) is 13.8. The second-order valence-electron chi connectivity index (χ2n) is 4.09. The van der Waals surface area contributed by atoms with Gasteiger partial charge in [0.2, 0.25) is 0 Å². The standard InChI is InChI=1S/C14H13Br2NO2/c1-2-11(9-3-5-10(15)6-4-9)17-14(18)12-7-8-13(16)19-12/h3-8,11H,2H2,1H3,(H,17,18)/t11-/m0/s1. The first-order valence-electron chi connectivity index (χ1n) is 5.92. The van der Waals surface area contributed by atoms with Crippen molar-refractivity contribution < 1.29 is 9.21 Å². The van der Waals surface area contributed by atoms with Crippen LogP contribution in [0.25, 0.3) is 0 Å². The Hall–Kier alpha value is -1.07. The van der Waals surface area contributed by atoms with E-state index in [0.29, 0.717) is 10.4 Å². The molecule has 0 bridgehead atoms. The first-order valence-corrected chi connectivity index (χ1v) is 7.50. The summed E-state index contributed by atoms with van der Waals surface area (Å²) >= 11 is 6.58. The molecule has 0 saturated heterocycles. The molecule has 0 aliphatic carbocycles. The van der Waals surface area contributed by atoms with Gasteiger partial charge in [0.1, 0.15) is 0 Å². The van der Waals surface area contributed by atoms with Gasteiger partial charge in [0, 0.05) is 4.47 Å². The number of benzene rings is 1. The van der Waals surface area contributed by atoms with Gasteiger partial charge in [0.05, 0.1) is 6.04 Å². The lowest BCUT2D eigenvalue weighted by Crippen LogP contribution is -2.27. The fourth-order valence-electron chi connectivity index (χ4n) is 1.78. The highest BCUT2D eigenvalue weighted by atomic mass is 79.9. The number of hydrogen-bond donors (Lipinski definition) is 1. The summed E-state index contributed by atoms with van der Waals surface area (Å²) < 4.78 is 6.81. The molecule has 1 atom stereocenters. The molecule has 1 amide bonds. The van der Waals surface area contributed by atoms with Crippen LogP contribution in [0.2, 0.25) is 0 Å². The molecule has 0 radical (unpaired) electrons. The van der Waals surface area contributed by atoms with E-state index < -0.39 is 0 Å². The molecule has 2 rings (SSSR count). The molecule has 0 aliphatic rings. The van der Waals surface area contributed by atoms with Crippen molar-refractivity contribution in [3.63, 3.8) is 0 Å². The molecule has 0 unspecified atom stereocenters. The first kappa shape index (κ1) is 14.3. The molecule has 3 nitrogen and oxygen atoms in total. The number of carbonyl (C=O) groups is 1. The topological polar surface area (TPSA) is 42.2 Å². The lowest BCUT2D eigenvalue weighted by molar-refractivity contribution is 0.0906. The number of halogens is 2. The second-order valence-corrected chi connectivity index (χ2v) is 5.79. The highest BCUT2D eigenvalue weighted by Crippen LogP contribution is 2.21. The Morgan fingerprint density at radius 2 is 1.89 bits per heavy atom. The van der Waals surface area contributed by atoms with E-state index in [1.54, 1.807) is 12.1 Å². The Bertz CT molecular complexity index is 563. The van der Waals surface area contributed by atoms with Crippen LogP contribution in [0.5, 0.6) is 0 Å². The maximum atomic E-state index is 12.0. The van der Waals surface area contributed by atoms with Crippen molar-refractivity contribution in [1.82, 2.24) is 5.32 Å². The van der Waals surface area contributed by atoms with Gasteiger partial charge in [-0.1, -0.05) is 35.0 Å². The van der Waals surface area contributed by atoms with Gasteiger partial charge in [-0.3, -0.25) is 4.79 Å². The van der Waals surface area contributed by atoms with Gasteiger partial charge < -0.3 is 9.73 Å². The minimum absolute atomic E-state index is 0.0236. The Balaban J connectivity index is 2.11. The summed E-state index contributed by atoms with van der Waals surface area (Å²) in [7, 11) is 0. The SMILES string of the molecule is CC[C@H](NC(=O)c1ccc(Br)o1)c1ccc(Br)cc1. The Labute approximate surface area is 128 Å². The molecule has 0 spiro atoms. The van der Waals surface area contributed by atoms with Gasteiger partial charge in [-0.2, -0.15) is 0 Å². The fourth-order valence-corrected chi connectivity index (χ4v) is 2.35. The monoisotopic (exact) mass is 385 g/mol. The Morgan fingerprint density at radius 3 is 2.42 bits per heavy atom. The van der Waals surface area contributed by atoms with Crippen LogP contribution in [0.1, 0.15) is 35.5 Å². The lowest BCUT2D eigenvalue weighted by atomic mass is 10.0. The van der Waals surface area contributed by atoms with E-state index in [1.165, 1.54) is 0 Å². The van der Waals surface area contributed by atoms with Crippen LogP contribution in [-0.2, 0) is 0 Å².